The van der Waals surface area contributed by atoms with Gasteiger partial charge in [0.2, 0.25) is 0 Å². The standard InChI is InChI=1S/C13H22BrNOS/c1-4-6-15-11(9-16-10(2)3)8-13-12(14)5-7-17-13/h5,7,10-11,15H,4,6,8-9H2,1-3H3. The van der Waals surface area contributed by atoms with Gasteiger partial charge >= 0.3 is 0 Å². The first kappa shape index (κ1) is 15.2. The topological polar surface area (TPSA) is 21.3 Å². The maximum absolute atomic E-state index is 5.72. The van der Waals surface area contributed by atoms with Crippen molar-refractivity contribution in [1.29, 1.82) is 0 Å². The number of rotatable bonds is 8. The number of ether oxygens (including phenoxy) is 1. The number of hydrogen-bond acceptors (Lipinski definition) is 3. The molecule has 2 nitrogen and oxygen atoms in total. The first-order valence-corrected chi connectivity index (χ1v) is 7.87. The molecule has 0 spiro atoms. The highest BCUT2D eigenvalue weighted by atomic mass is 79.9. The van der Waals surface area contributed by atoms with E-state index in [0.29, 0.717) is 12.1 Å². The van der Waals surface area contributed by atoms with Gasteiger partial charge in [-0.05, 0) is 54.2 Å². The van der Waals surface area contributed by atoms with E-state index in [-0.39, 0.29) is 0 Å². The molecule has 1 heterocycles. The quantitative estimate of drug-likeness (QED) is 0.786. The third-order valence-corrected chi connectivity index (χ3v) is 4.39. The van der Waals surface area contributed by atoms with Crippen LogP contribution in [-0.2, 0) is 11.2 Å². The van der Waals surface area contributed by atoms with Gasteiger partial charge in [-0.1, -0.05) is 6.92 Å². The minimum absolute atomic E-state index is 0.299. The summed E-state index contributed by atoms with van der Waals surface area (Å²) in [5, 5.41) is 5.68. The first-order valence-electron chi connectivity index (χ1n) is 6.20. The highest BCUT2D eigenvalue weighted by molar-refractivity contribution is 9.10. The van der Waals surface area contributed by atoms with E-state index in [4.69, 9.17) is 4.74 Å². The first-order chi connectivity index (χ1) is 8.13. The molecule has 0 fully saturated rings. The predicted molar refractivity (Wildman–Crippen MR) is 78.9 cm³/mol. The Bertz CT molecular complexity index is 314. The van der Waals surface area contributed by atoms with Crippen LogP contribution in [-0.4, -0.2) is 25.3 Å². The van der Waals surface area contributed by atoms with Crippen molar-refractivity contribution in [1.82, 2.24) is 5.32 Å². The molecule has 1 atom stereocenters. The molecule has 0 radical (unpaired) electrons. The highest BCUT2D eigenvalue weighted by Crippen LogP contribution is 2.24. The van der Waals surface area contributed by atoms with Crippen LogP contribution in [0, 0.1) is 0 Å². The largest absolute Gasteiger partial charge is 0.377 e. The van der Waals surface area contributed by atoms with Gasteiger partial charge in [-0.3, -0.25) is 0 Å². The molecule has 0 saturated carbocycles. The normalized spacial score (nSPS) is 13.2. The summed E-state index contributed by atoms with van der Waals surface area (Å²) in [6.45, 7) is 8.18. The average Bonchev–Trinajstić information content (AvgIpc) is 2.68. The van der Waals surface area contributed by atoms with Crippen molar-refractivity contribution in [3.8, 4) is 0 Å². The molecule has 0 aliphatic rings. The fourth-order valence-corrected chi connectivity index (χ4v) is 3.14. The maximum atomic E-state index is 5.72. The Morgan fingerprint density at radius 3 is 2.76 bits per heavy atom. The summed E-state index contributed by atoms with van der Waals surface area (Å²) in [7, 11) is 0. The van der Waals surface area contributed by atoms with Crippen molar-refractivity contribution < 1.29 is 4.74 Å². The molecule has 1 aromatic rings. The Morgan fingerprint density at radius 2 is 2.24 bits per heavy atom. The summed E-state index contributed by atoms with van der Waals surface area (Å²) in [6, 6.07) is 2.52. The average molecular weight is 320 g/mol. The number of halogens is 1. The third-order valence-electron chi connectivity index (χ3n) is 2.44. The van der Waals surface area contributed by atoms with E-state index < -0.39 is 0 Å². The molecule has 98 valence electrons. The minimum atomic E-state index is 0.299. The molecular formula is C13H22BrNOS. The lowest BCUT2D eigenvalue weighted by atomic mass is 10.2. The molecule has 4 heteroatoms. The predicted octanol–water partition coefficient (Wildman–Crippen LogP) is 3.85. The maximum Gasteiger partial charge on any atom is 0.0626 e. The van der Waals surface area contributed by atoms with Gasteiger partial charge in [-0.2, -0.15) is 0 Å². The molecule has 1 unspecified atom stereocenters. The van der Waals surface area contributed by atoms with Crippen molar-refractivity contribution in [2.75, 3.05) is 13.2 Å². The summed E-state index contributed by atoms with van der Waals surface area (Å²) >= 11 is 5.39. The molecule has 1 N–H and O–H groups in total. The third kappa shape index (κ3) is 6.00. The summed E-state index contributed by atoms with van der Waals surface area (Å²) in [5.41, 5.74) is 0. The molecule has 0 amide bonds. The van der Waals surface area contributed by atoms with E-state index in [1.165, 1.54) is 9.35 Å². The zero-order valence-corrected chi connectivity index (χ0v) is 13.2. The smallest absolute Gasteiger partial charge is 0.0626 e. The van der Waals surface area contributed by atoms with Crippen LogP contribution in [0.1, 0.15) is 32.1 Å². The monoisotopic (exact) mass is 319 g/mol. The molecule has 0 aliphatic carbocycles. The van der Waals surface area contributed by atoms with Crippen LogP contribution < -0.4 is 5.32 Å². The van der Waals surface area contributed by atoms with Crippen LogP contribution >= 0.6 is 27.3 Å². The van der Waals surface area contributed by atoms with Crippen LogP contribution in [0.15, 0.2) is 15.9 Å². The van der Waals surface area contributed by atoms with Gasteiger partial charge in [0.15, 0.2) is 0 Å². The second-order valence-electron chi connectivity index (χ2n) is 4.43. The van der Waals surface area contributed by atoms with Gasteiger partial charge in [-0.15, -0.1) is 11.3 Å². The lowest BCUT2D eigenvalue weighted by Gasteiger charge is -2.19. The van der Waals surface area contributed by atoms with E-state index in [9.17, 15) is 0 Å². The van der Waals surface area contributed by atoms with Crippen molar-refractivity contribution in [3.63, 3.8) is 0 Å². The van der Waals surface area contributed by atoms with Gasteiger partial charge in [-0.25, -0.2) is 0 Å². The fraction of sp³-hybridized carbons (Fsp3) is 0.692. The second-order valence-corrected chi connectivity index (χ2v) is 6.28. The van der Waals surface area contributed by atoms with Gasteiger partial charge in [0.1, 0.15) is 0 Å². The summed E-state index contributed by atoms with van der Waals surface area (Å²) in [6.07, 6.45) is 2.49. The van der Waals surface area contributed by atoms with Gasteiger partial charge in [0.25, 0.3) is 0 Å². The number of hydrogen-bond donors (Lipinski definition) is 1. The molecule has 0 bridgehead atoms. The summed E-state index contributed by atoms with van der Waals surface area (Å²) < 4.78 is 6.93. The lowest BCUT2D eigenvalue weighted by molar-refractivity contribution is 0.0614. The van der Waals surface area contributed by atoms with Gasteiger partial charge in [0.05, 0.1) is 12.7 Å². The van der Waals surface area contributed by atoms with E-state index in [0.717, 1.165) is 26.0 Å². The minimum Gasteiger partial charge on any atom is -0.377 e. The van der Waals surface area contributed by atoms with Gasteiger partial charge < -0.3 is 10.1 Å². The van der Waals surface area contributed by atoms with Crippen molar-refractivity contribution in [2.24, 2.45) is 0 Å². The van der Waals surface area contributed by atoms with E-state index in [1.807, 2.05) is 0 Å². The molecule has 1 aromatic heterocycles. The van der Waals surface area contributed by atoms with Crippen molar-refractivity contribution in [3.05, 3.63) is 20.8 Å². The Balaban J connectivity index is 2.47. The van der Waals surface area contributed by atoms with Crippen LogP contribution in [0.5, 0.6) is 0 Å². The second kappa shape index (κ2) is 8.25. The van der Waals surface area contributed by atoms with Gasteiger partial charge in [0, 0.05) is 21.8 Å². The lowest BCUT2D eigenvalue weighted by Crippen LogP contribution is -2.36. The molecular weight excluding hydrogens is 298 g/mol. The number of nitrogens with one attached hydrogen (secondary N) is 1. The van der Waals surface area contributed by atoms with Crippen LogP contribution in [0.3, 0.4) is 0 Å². The van der Waals surface area contributed by atoms with Crippen LogP contribution in [0.4, 0.5) is 0 Å². The van der Waals surface area contributed by atoms with E-state index >= 15 is 0 Å². The molecule has 0 saturated heterocycles. The Hall–Kier alpha value is 0.100. The van der Waals surface area contributed by atoms with E-state index in [1.54, 1.807) is 11.3 Å². The SMILES string of the molecule is CCCNC(COC(C)C)Cc1sccc1Br. The fourth-order valence-electron chi connectivity index (χ4n) is 1.54. The molecule has 0 aromatic carbocycles. The Labute approximate surface area is 117 Å². The van der Waals surface area contributed by atoms with Crippen molar-refractivity contribution in [2.45, 2.75) is 45.8 Å². The van der Waals surface area contributed by atoms with Crippen LogP contribution in [0.25, 0.3) is 0 Å². The van der Waals surface area contributed by atoms with Crippen molar-refractivity contribution >= 4 is 27.3 Å². The summed E-state index contributed by atoms with van der Waals surface area (Å²) in [5.74, 6) is 0. The molecule has 1 rings (SSSR count). The Kier molecular flexibility index (Phi) is 7.35. The zero-order valence-electron chi connectivity index (χ0n) is 10.8. The zero-order chi connectivity index (χ0) is 12.7. The number of thiophene rings is 1. The molecule has 17 heavy (non-hydrogen) atoms. The summed E-state index contributed by atoms with van der Waals surface area (Å²) in [4.78, 5) is 1.39. The highest BCUT2D eigenvalue weighted by Gasteiger charge is 2.12. The molecule has 0 aliphatic heterocycles. The van der Waals surface area contributed by atoms with Crippen LogP contribution in [0.2, 0.25) is 0 Å². The van der Waals surface area contributed by atoms with E-state index in [2.05, 4.69) is 53.5 Å². The Morgan fingerprint density at radius 1 is 1.47 bits per heavy atom.